The van der Waals surface area contributed by atoms with Crippen molar-refractivity contribution in [3.63, 3.8) is 0 Å². The van der Waals surface area contributed by atoms with Crippen LogP contribution in [-0.2, 0) is 4.74 Å². The van der Waals surface area contributed by atoms with Gasteiger partial charge < -0.3 is 20.7 Å². The molecule has 1 fully saturated rings. The number of aromatic nitrogens is 2. The number of rotatable bonds is 2. The van der Waals surface area contributed by atoms with E-state index in [1.807, 2.05) is 11.8 Å². The number of nitrogen functional groups attached to an aromatic ring is 1. The van der Waals surface area contributed by atoms with Gasteiger partial charge >= 0.3 is 5.69 Å². The summed E-state index contributed by atoms with van der Waals surface area (Å²) in [6.45, 7) is -0.371. The molecule has 4 N–H and O–H groups in total. The lowest BCUT2D eigenvalue weighted by Crippen LogP contribution is -2.45. The molecule has 1 saturated heterocycles. The van der Waals surface area contributed by atoms with E-state index in [0.717, 1.165) is 4.57 Å². The van der Waals surface area contributed by atoms with Crippen molar-refractivity contribution in [2.75, 3.05) is 19.0 Å². The van der Waals surface area contributed by atoms with Crippen molar-refractivity contribution in [1.82, 2.24) is 9.55 Å². The fourth-order valence-corrected chi connectivity index (χ4v) is 2.37. The van der Waals surface area contributed by atoms with E-state index in [-0.39, 0.29) is 11.5 Å². The molecule has 1 aliphatic rings. The fraction of sp³-hybridized carbons (Fsp3) is 0.538. The van der Waals surface area contributed by atoms with E-state index in [1.165, 1.54) is 13.0 Å². The number of hydrogen-bond donors (Lipinski definition) is 3. The van der Waals surface area contributed by atoms with E-state index >= 15 is 4.39 Å². The molecule has 0 aliphatic carbocycles. The molecule has 0 saturated carbocycles. The smallest absolute Gasteiger partial charge is 0.351 e. The quantitative estimate of drug-likeness (QED) is 0.608. The SMILES string of the molecule is Cc1cc(N)nc(=O)n1[C@@H]1OC(CO)[C@H](O)C1(F)C#CCF. The van der Waals surface area contributed by atoms with Gasteiger partial charge in [0.15, 0.2) is 6.23 Å². The molecule has 7 nitrogen and oxygen atoms in total. The maximum Gasteiger partial charge on any atom is 0.351 e. The number of aryl methyl sites for hydroxylation is 1. The number of hydrogen-bond acceptors (Lipinski definition) is 6. The number of anilines is 1. The highest BCUT2D eigenvalue weighted by atomic mass is 19.1. The van der Waals surface area contributed by atoms with Crippen LogP contribution in [0.2, 0.25) is 0 Å². The molecular formula is C13H15F2N3O4. The molecule has 2 unspecified atom stereocenters. The minimum absolute atomic E-state index is 0.0599. The lowest BCUT2D eigenvalue weighted by molar-refractivity contribution is -0.0551. The number of aliphatic hydroxyl groups is 2. The summed E-state index contributed by atoms with van der Waals surface area (Å²) in [5, 5.41) is 19.1. The van der Waals surface area contributed by atoms with Crippen LogP contribution < -0.4 is 11.4 Å². The highest BCUT2D eigenvalue weighted by Crippen LogP contribution is 2.41. The summed E-state index contributed by atoms with van der Waals surface area (Å²) < 4.78 is 33.4. The number of alkyl halides is 2. The van der Waals surface area contributed by atoms with Gasteiger partial charge in [-0.3, -0.25) is 4.57 Å². The topological polar surface area (TPSA) is 111 Å². The number of nitrogens with two attached hydrogens (primary N) is 1. The van der Waals surface area contributed by atoms with Crippen LogP contribution in [0.4, 0.5) is 14.6 Å². The molecule has 4 atom stereocenters. The molecule has 2 rings (SSSR count). The third kappa shape index (κ3) is 2.56. The molecule has 1 aliphatic heterocycles. The predicted octanol–water partition coefficient (Wildman–Crippen LogP) is -0.934. The molecular weight excluding hydrogens is 300 g/mol. The Hall–Kier alpha value is -2.02. The van der Waals surface area contributed by atoms with E-state index in [0.29, 0.717) is 0 Å². The van der Waals surface area contributed by atoms with Crippen molar-refractivity contribution in [2.45, 2.75) is 31.0 Å². The highest BCUT2D eigenvalue weighted by Gasteiger charge is 2.58. The van der Waals surface area contributed by atoms with Gasteiger partial charge in [-0.1, -0.05) is 11.8 Å². The van der Waals surface area contributed by atoms with Gasteiger partial charge in [0, 0.05) is 5.69 Å². The Morgan fingerprint density at radius 3 is 2.86 bits per heavy atom. The van der Waals surface area contributed by atoms with Crippen LogP contribution in [0.3, 0.4) is 0 Å². The first-order valence-electron chi connectivity index (χ1n) is 6.40. The fourth-order valence-electron chi connectivity index (χ4n) is 2.37. The third-order valence-corrected chi connectivity index (χ3v) is 3.37. The summed E-state index contributed by atoms with van der Waals surface area (Å²) >= 11 is 0. The Morgan fingerprint density at radius 1 is 1.64 bits per heavy atom. The van der Waals surface area contributed by atoms with Crippen molar-refractivity contribution in [3.05, 3.63) is 22.2 Å². The third-order valence-electron chi connectivity index (χ3n) is 3.37. The minimum Gasteiger partial charge on any atom is -0.394 e. The average Bonchev–Trinajstić information content (AvgIpc) is 2.69. The van der Waals surface area contributed by atoms with Gasteiger partial charge in [-0.15, -0.1) is 0 Å². The molecule has 0 spiro atoms. The van der Waals surface area contributed by atoms with E-state index < -0.39 is 43.1 Å². The number of nitrogens with zero attached hydrogens (tertiary/aromatic N) is 2. The molecule has 9 heteroatoms. The van der Waals surface area contributed by atoms with Crippen molar-refractivity contribution < 1.29 is 23.7 Å². The van der Waals surface area contributed by atoms with Crippen molar-refractivity contribution in [1.29, 1.82) is 0 Å². The zero-order chi connectivity index (χ0) is 16.5. The number of halogens is 2. The minimum atomic E-state index is -2.77. The maximum atomic E-state index is 15.1. The zero-order valence-electron chi connectivity index (χ0n) is 11.7. The lowest BCUT2D eigenvalue weighted by atomic mass is 9.96. The molecule has 1 aromatic rings. The number of ether oxygens (including phenoxy) is 1. The normalized spacial score (nSPS) is 30.9. The second-order valence-electron chi connectivity index (χ2n) is 4.83. The van der Waals surface area contributed by atoms with Gasteiger partial charge in [0.05, 0.1) is 6.61 Å². The Kier molecular flexibility index (Phi) is 4.46. The molecule has 0 radical (unpaired) electrons. The van der Waals surface area contributed by atoms with E-state index in [1.54, 1.807) is 0 Å². The van der Waals surface area contributed by atoms with Gasteiger partial charge in [-0.25, -0.2) is 13.6 Å². The van der Waals surface area contributed by atoms with Crippen LogP contribution in [0.25, 0.3) is 0 Å². The number of aliphatic hydroxyl groups excluding tert-OH is 2. The Morgan fingerprint density at radius 2 is 2.32 bits per heavy atom. The molecule has 0 bridgehead atoms. The highest BCUT2D eigenvalue weighted by molar-refractivity contribution is 5.30. The van der Waals surface area contributed by atoms with Gasteiger partial charge in [0.1, 0.15) is 24.7 Å². The van der Waals surface area contributed by atoms with Crippen LogP contribution in [0.1, 0.15) is 11.9 Å². The Bertz CT molecular complexity index is 684. The maximum absolute atomic E-state index is 15.1. The van der Waals surface area contributed by atoms with Gasteiger partial charge in [-0.05, 0) is 13.0 Å². The molecule has 0 aromatic carbocycles. The molecule has 1 aromatic heterocycles. The Balaban J connectivity index is 2.59. The van der Waals surface area contributed by atoms with Crippen LogP contribution >= 0.6 is 0 Å². The standard InChI is InChI=1S/C13H15F2N3O4/c1-7-5-9(16)17-12(21)18(7)11-13(15,3-2-4-14)10(20)8(6-19)22-11/h5,8,10-11,19-20H,4,6H2,1H3,(H2,16,17,21)/t8?,10-,11+,13?/m0/s1. The van der Waals surface area contributed by atoms with E-state index in [4.69, 9.17) is 15.6 Å². The van der Waals surface area contributed by atoms with Gasteiger partial charge in [0.2, 0.25) is 5.67 Å². The first-order chi connectivity index (χ1) is 10.3. The average molecular weight is 315 g/mol. The van der Waals surface area contributed by atoms with E-state index in [9.17, 15) is 14.3 Å². The summed E-state index contributed by atoms with van der Waals surface area (Å²) in [5.41, 5.74) is 1.97. The monoisotopic (exact) mass is 315 g/mol. The van der Waals surface area contributed by atoms with Crippen molar-refractivity contribution in [2.24, 2.45) is 0 Å². The lowest BCUT2D eigenvalue weighted by Gasteiger charge is -2.25. The summed E-state index contributed by atoms with van der Waals surface area (Å²) in [7, 11) is 0. The van der Waals surface area contributed by atoms with Crippen LogP contribution in [-0.4, -0.2) is 50.9 Å². The van der Waals surface area contributed by atoms with Gasteiger partial charge in [0.25, 0.3) is 0 Å². The van der Waals surface area contributed by atoms with Crippen LogP contribution in [0, 0.1) is 18.8 Å². The first-order valence-corrected chi connectivity index (χ1v) is 6.40. The van der Waals surface area contributed by atoms with Gasteiger partial charge in [-0.2, -0.15) is 4.98 Å². The molecule has 2 heterocycles. The molecule has 120 valence electrons. The summed E-state index contributed by atoms with van der Waals surface area (Å²) in [6, 6.07) is 1.31. The second kappa shape index (κ2) is 6.00. The van der Waals surface area contributed by atoms with Crippen LogP contribution in [0.15, 0.2) is 10.9 Å². The summed E-state index contributed by atoms with van der Waals surface area (Å²) in [4.78, 5) is 15.4. The molecule has 0 amide bonds. The van der Waals surface area contributed by atoms with Crippen LogP contribution in [0.5, 0.6) is 0 Å². The second-order valence-corrected chi connectivity index (χ2v) is 4.83. The Labute approximate surface area is 124 Å². The summed E-state index contributed by atoms with van der Waals surface area (Å²) in [6.07, 6.45) is -4.85. The van der Waals surface area contributed by atoms with Crippen molar-refractivity contribution in [3.8, 4) is 11.8 Å². The summed E-state index contributed by atoms with van der Waals surface area (Å²) in [5.74, 6) is 3.76. The predicted molar refractivity (Wildman–Crippen MR) is 72.2 cm³/mol. The molecule has 22 heavy (non-hydrogen) atoms. The van der Waals surface area contributed by atoms with Crippen molar-refractivity contribution >= 4 is 5.82 Å². The first kappa shape index (κ1) is 16.4. The largest absolute Gasteiger partial charge is 0.394 e. The van der Waals surface area contributed by atoms with E-state index in [2.05, 4.69) is 4.98 Å². The zero-order valence-corrected chi connectivity index (χ0v) is 11.7.